The molecule has 2 saturated heterocycles. The molecule has 3 aromatic carbocycles. The number of hydrogen-bond donors (Lipinski definition) is 2. The first kappa shape index (κ1) is 34.7. The lowest BCUT2D eigenvalue weighted by molar-refractivity contribution is -0.118. The molecule has 0 aliphatic carbocycles. The van der Waals surface area contributed by atoms with E-state index in [1.165, 1.54) is 11.1 Å². The predicted octanol–water partition coefficient (Wildman–Crippen LogP) is 7.41. The average molecular weight is 639 g/mol. The Hall–Kier alpha value is -2.78. The van der Waals surface area contributed by atoms with Gasteiger partial charge in [-0.25, -0.2) is 13.2 Å². The van der Waals surface area contributed by atoms with Gasteiger partial charge in [-0.1, -0.05) is 25.1 Å². The lowest BCUT2D eigenvalue weighted by Crippen LogP contribution is -2.49. The molecule has 2 heterocycles. The summed E-state index contributed by atoms with van der Waals surface area (Å²) in [5, 5.41) is 6.95. The second kappa shape index (κ2) is 15.3. The Labute approximate surface area is 264 Å². The van der Waals surface area contributed by atoms with Crippen LogP contribution in [0.3, 0.4) is 0 Å². The SMILES string of the molecule is CCC(=O)N(c1ccc(C)c(C2(Cc3ccc(Oc4cc(F)c(F)cc4F)cc3)CCNCC2)c1)C1CCCNC1.Cl.Cl. The molecule has 2 aliphatic rings. The van der Waals surface area contributed by atoms with Gasteiger partial charge in [-0.15, -0.1) is 24.8 Å². The van der Waals surface area contributed by atoms with Crippen molar-refractivity contribution in [3.8, 4) is 11.5 Å². The number of piperidine rings is 2. The molecule has 1 unspecified atom stereocenters. The number of amides is 1. The van der Waals surface area contributed by atoms with Gasteiger partial charge in [0.1, 0.15) is 5.75 Å². The van der Waals surface area contributed by atoms with Gasteiger partial charge in [0.05, 0.1) is 0 Å². The van der Waals surface area contributed by atoms with Crippen LogP contribution >= 0.6 is 24.8 Å². The summed E-state index contributed by atoms with van der Waals surface area (Å²) in [7, 11) is 0. The molecule has 2 N–H and O–H groups in total. The molecule has 43 heavy (non-hydrogen) atoms. The van der Waals surface area contributed by atoms with Crippen molar-refractivity contribution in [2.45, 2.75) is 63.8 Å². The van der Waals surface area contributed by atoms with Gasteiger partial charge in [-0.2, -0.15) is 0 Å². The number of halogens is 5. The summed E-state index contributed by atoms with van der Waals surface area (Å²) in [6, 6.07) is 15.2. The third-order valence-corrected chi connectivity index (χ3v) is 8.51. The smallest absolute Gasteiger partial charge is 0.227 e. The van der Waals surface area contributed by atoms with Crippen molar-refractivity contribution < 1.29 is 22.7 Å². The van der Waals surface area contributed by atoms with Crippen LogP contribution in [0, 0.1) is 24.4 Å². The fraction of sp³-hybridized carbons (Fsp3) is 0.424. The molecule has 234 valence electrons. The van der Waals surface area contributed by atoms with Gasteiger partial charge in [0.15, 0.2) is 23.2 Å². The van der Waals surface area contributed by atoms with E-state index in [0.29, 0.717) is 24.3 Å². The minimum Gasteiger partial charge on any atom is -0.454 e. The highest BCUT2D eigenvalue weighted by atomic mass is 35.5. The largest absolute Gasteiger partial charge is 0.454 e. The molecule has 1 amide bonds. The number of hydrogen-bond acceptors (Lipinski definition) is 4. The van der Waals surface area contributed by atoms with Gasteiger partial charge in [0, 0.05) is 42.2 Å². The number of carbonyl (C=O) groups excluding carboxylic acids is 1. The van der Waals surface area contributed by atoms with Crippen LogP contribution < -0.4 is 20.3 Å². The molecule has 0 aromatic heterocycles. The van der Waals surface area contributed by atoms with Crippen LogP contribution in [0.25, 0.3) is 0 Å². The van der Waals surface area contributed by atoms with E-state index >= 15 is 0 Å². The summed E-state index contributed by atoms with van der Waals surface area (Å²) in [5.74, 6) is -3.27. The molecular weight excluding hydrogens is 598 g/mol. The third kappa shape index (κ3) is 7.85. The minimum atomic E-state index is -1.26. The van der Waals surface area contributed by atoms with E-state index in [0.717, 1.165) is 69.5 Å². The standard InChI is InChI=1S/C33H38F3N3O2.2ClH/c1-3-32(40)39(25-5-4-14-38-21-25)24-9-6-22(2)27(17-24)33(12-15-37-16-13-33)20-23-7-10-26(11-8-23)41-31-19-29(35)28(34)18-30(31)36;;/h6-11,17-19,25,37-38H,3-5,12-16,20-21H2,1-2H3;2*1H. The van der Waals surface area contributed by atoms with Crippen LogP contribution in [0.1, 0.15) is 55.7 Å². The maximum absolute atomic E-state index is 14.1. The third-order valence-electron chi connectivity index (χ3n) is 8.51. The molecule has 0 bridgehead atoms. The van der Waals surface area contributed by atoms with Crippen LogP contribution in [-0.4, -0.2) is 38.1 Å². The van der Waals surface area contributed by atoms with Crippen LogP contribution in [-0.2, 0) is 16.6 Å². The van der Waals surface area contributed by atoms with E-state index < -0.39 is 17.5 Å². The molecule has 0 saturated carbocycles. The van der Waals surface area contributed by atoms with Gasteiger partial charge >= 0.3 is 0 Å². The molecule has 2 fully saturated rings. The fourth-order valence-corrected chi connectivity index (χ4v) is 6.34. The first-order valence-electron chi connectivity index (χ1n) is 14.6. The van der Waals surface area contributed by atoms with E-state index in [4.69, 9.17) is 4.74 Å². The Bertz CT molecular complexity index is 1380. The van der Waals surface area contributed by atoms with E-state index in [1.807, 2.05) is 24.0 Å². The van der Waals surface area contributed by atoms with Crippen molar-refractivity contribution in [1.82, 2.24) is 10.6 Å². The van der Waals surface area contributed by atoms with Crippen molar-refractivity contribution in [3.63, 3.8) is 0 Å². The highest BCUT2D eigenvalue weighted by molar-refractivity contribution is 5.94. The van der Waals surface area contributed by atoms with E-state index in [-0.39, 0.29) is 47.9 Å². The maximum Gasteiger partial charge on any atom is 0.227 e. The number of ether oxygens (including phenoxy) is 1. The predicted molar refractivity (Wildman–Crippen MR) is 170 cm³/mol. The first-order chi connectivity index (χ1) is 19.8. The number of carbonyl (C=O) groups is 1. The zero-order valence-electron chi connectivity index (χ0n) is 24.6. The van der Waals surface area contributed by atoms with Crippen molar-refractivity contribution in [1.29, 1.82) is 0 Å². The van der Waals surface area contributed by atoms with Crippen molar-refractivity contribution in [2.24, 2.45) is 0 Å². The maximum atomic E-state index is 14.1. The van der Waals surface area contributed by atoms with Gasteiger partial charge in [-0.05, 0) is 99.6 Å². The molecule has 5 nitrogen and oxygen atoms in total. The zero-order chi connectivity index (χ0) is 29.0. The second-order valence-corrected chi connectivity index (χ2v) is 11.3. The van der Waals surface area contributed by atoms with E-state index in [2.05, 4.69) is 35.8 Å². The molecule has 0 radical (unpaired) electrons. The summed E-state index contributed by atoms with van der Waals surface area (Å²) in [5.41, 5.74) is 4.38. The Morgan fingerprint density at radius 2 is 1.63 bits per heavy atom. The van der Waals surface area contributed by atoms with Gasteiger partial charge in [0.2, 0.25) is 5.91 Å². The minimum absolute atomic E-state index is 0. The number of rotatable bonds is 8. The highest BCUT2D eigenvalue weighted by Gasteiger charge is 2.36. The van der Waals surface area contributed by atoms with Crippen LogP contribution in [0.4, 0.5) is 18.9 Å². The number of nitrogens with one attached hydrogen (secondary N) is 2. The number of anilines is 1. The molecular formula is C33H40Cl2F3N3O2. The van der Waals surface area contributed by atoms with Crippen LogP contribution in [0.2, 0.25) is 0 Å². The first-order valence-corrected chi connectivity index (χ1v) is 14.6. The molecule has 3 aromatic rings. The summed E-state index contributed by atoms with van der Waals surface area (Å²) < 4.78 is 46.5. The molecule has 1 atom stereocenters. The molecule has 10 heteroatoms. The van der Waals surface area contributed by atoms with Crippen molar-refractivity contribution in [3.05, 3.63) is 88.7 Å². The summed E-state index contributed by atoms with van der Waals surface area (Å²) in [6.07, 6.45) is 5.17. The van der Waals surface area contributed by atoms with Crippen LogP contribution in [0.5, 0.6) is 11.5 Å². The van der Waals surface area contributed by atoms with Crippen molar-refractivity contribution >= 4 is 36.4 Å². The fourth-order valence-electron chi connectivity index (χ4n) is 6.34. The van der Waals surface area contributed by atoms with Gasteiger partial charge in [-0.3, -0.25) is 4.79 Å². The summed E-state index contributed by atoms with van der Waals surface area (Å²) >= 11 is 0. The van der Waals surface area contributed by atoms with E-state index in [9.17, 15) is 18.0 Å². The van der Waals surface area contributed by atoms with Crippen molar-refractivity contribution in [2.75, 3.05) is 31.1 Å². The topological polar surface area (TPSA) is 53.6 Å². The van der Waals surface area contributed by atoms with E-state index in [1.54, 1.807) is 12.1 Å². The Balaban J connectivity index is 0.00000253. The highest BCUT2D eigenvalue weighted by Crippen LogP contribution is 2.41. The monoisotopic (exact) mass is 637 g/mol. The lowest BCUT2D eigenvalue weighted by Gasteiger charge is -2.41. The van der Waals surface area contributed by atoms with Gasteiger partial charge < -0.3 is 20.3 Å². The molecule has 5 rings (SSSR count). The summed E-state index contributed by atoms with van der Waals surface area (Å²) in [6.45, 7) is 7.63. The quantitative estimate of drug-likeness (QED) is 0.253. The molecule has 0 spiro atoms. The number of nitrogens with zero attached hydrogens (tertiary/aromatic N) is 1. The number of aryl methyl sites for hydroxylation is 1. The number of benzene rings is 3. The second-order valence-electron chi connectivity index (χ2n) is 11.3. The molecule has 2 aliphatic heterocycles. The lowest BCUT2D eigenvalue weighted by atomic mass is 9.68. The zero-order valence-corrected chi connectivity index (χ0v) is 26.2. The Morgan fingerprint density at radius 1 is 0.930 bits per heavy atom. The van der Waals surface area contributed by atoms with Crippen LogP contribution in [0.15, 0.2) is 54.6 Å². The Kier molecular flexibility index (Phi) is 12.3. The summed E-state index contributed by atoms with van der Waals surface area (Å²) in [4.78, 5) is 15.2. The normalized spacial score (nSPS) is 17.7. The average Bonchev–Trinajstić information content (AvgIpc) is 2.98. The Morgan fingerprint density at radius 3 is 2.28 bits per heavy atom. The van der Waals surface area contributed by atoms with Gasteiger partial charge in [0.25, 0.3) is 0 Å².